The molecule has 0 bridgehead atoms. The zero-order valence-corrected chi connectivity index (χ0v) is 40.3. The van der Waals surface area contributed by atoms with Gasteiger partial charge in [0.25, 0.3) is 0 Å². The highest BCUT2D eigenvalue weighted by molar-refractivity contribution is 6.32. The van der Waals surface area contributed by atoms with Gasteiger partial charge < -0.3 is 60.0 Å². The number of hydrogen-bond donors (Lipinski definition) is 5. The molecule has 19 nitrogen and oxygen atoms in total. The number of urea groups is 1. The van der Waals surface area contributed by atoms with Gasteiger partial charge in [-0.15, -0.1) is 0 Å². The summed E-state index contributed by atoms with van der Waals surface area (Å²) in [6, 6.07) is 11.3. The Kier molecular flexibility index (Phi) is 19.6. The van der Waals surface area contributed by atoms with E-state index in [2.05, 4.69) is 62.5 Å². The lowest BCUT2D eigenvalue weighted by atomic mass is 10.0. The van der Waals surface area contributed by atoms with Crippen LogP contribution < -0.4 is 30.7 Å². The van der Waals surface area contributed by atoms with Crippen molar-refractivity contribution in [2.24, 2.45) is 5.92 Å². The first kappa shape index (κ1) is 50.8. The largest absolute Gasteiger partial charge is 0.392 e. The van der Waals surface area contributed by atoms with Gasteiger partial charge in [0.15, 0.2) is 0 Å². The smallest absolute Gasteiger partial charge is 0.321 e. The Morgan fingerprint density at radius 3 is 1.70 bits per heavy atom. The molecular formula is C44H62Cl3N13O6. The van der Waals surface area contributed by atoms with Crippen LogP contribution >= 0.6 is 34.8 Å². The van der Waals surface area contributed by atoms with Crippen molar-refractivity contribution < 1.29 is 29.2 Å². The van der Waals surface area contributed by atoms with Crippen molar-refractivity contribution in [3.8, 4) is 11.3 Å². The van der Waals surface area contributed by atoms with E-state index in [9.17, 15) is 15.0 Å². The van der Waals surface area contributed by atoms with Crippen LogP contribution in [0.1, 0.15) is 39.2 Å². The third-order valence-corrected chi connectivity index (χ3v) is 11.6. The van der Waals surface area contributed by atoms with Crippen LogP contribution in [0.3, 0.4) is 0 Å². The second-order valence-corrected chi connectivity index (χ2v) is 17.5. The normalized spacial score (nSPS) is 18.3. The van der Waals surface area contributed by atoms with Crippen molar-refractivity contribution in [2.45, 2.75) is 52.7 Å². The Morgan fingerprint density at radius 2 is 1.20 bits per heavy atom. The van der Waals surface area contributed by atoms with Crippen molar-refractivity contribution in [3.05, 3.63) is 57.6 Å². The van der Waals surface area contributed by atoms with Gasteiger partial charge in [0.2, 0.25) is 17.2 Å². The maximum absolute atomic E-state index is 12.8. The molecule has 0 saturated carbocycles. The number of anilines is 6. The molecule has 7 heterocycles. The molecule has 2 amide bonds. The van der Waals surface area contributed by atoms with E-state index in [1.165, 1.54) is 0 Å². The molecule has 4 saturated heterocycles. The molecule has 1 aromatic carbocycles. The first-order chi connectivity index (χ1) is 31.8. The lowest BCUT2D eigenvalue weighted by Gasteiger charge is -2.28. The first-order valence-corrected chi connectivity index (χ1v) is 23.6. The summed E-state index contributed by atoms with van der Waals surface area (Å²) in [6.45, 7) is 18.8. The molecule has 4 fully saturated rings. The molecule has 0 aliphatic carbocycles. The van der Waals surface area contributed by atoms with Gasteiger partial charge in [0.05, 0.1) is 57.5 Å². The van der Waals surface area contributed by atoms with Gasteiger partial charge in [-0.25, -0.2) is 24.7 Å². The molecule has 4 aromatic rings. The fourth-order valence-corrected chi connectivity index (χ4v) is 7.96. The predicted octanol–water partition coefficient (Wildman–Crippen LogP) is 5.72. The zero-order chi connectivity index (χ0) is 47.0. The van der Waals surface area contributed by atoms with Crippen molar-refractivity contribution in [2.75, 3.05) is 136 Å². The minimum Gasteiger partial charge on any atom is -0.392 e. The zero-order valence-electron chi connectivity index (χ0n) is 38.1. The van der Waals surface area contributed by atoms with Crippen molar-refractivity contribution in [1.29, 1.82) is 0 Å². The lowest BCUT2D eigenvalue weighted by molar-refractivity contribution is 0.122. The SMILES string of the molecule is CC[C@@H]1CCN(C(=O)Nc2ccc(C)c(-c3cc(N4CCOCC4)nc(NC[C@H](C)O)n3)c2)C1.C[C@H](O)CNc1nc(Cl)cc(N2CCOCC2)n1.Clc1cc(N2CCOCC2)nc(Cl)n1. The summed E-state index contributed by atoms with van der Waals surface area (Å²) in [4.78, 5) is 46.8. The maximum Gasteiger partial charge on any atom is 0.321 e. The number of nitrogens with one attached hydrogen (secondary N) is 3. The number of carbonyl (C=O) groups is 1. The average molecular weight is 975 g/mol. The van der Waals surface area contributed by atoms with Gasteiger partial charge in [-0.3, -0.25) is 0 Å². The monoisotopic (exact) mass is 973 g/mol. The highest BCUT2D eigenvalue weighted by atomic mass is 35.5. The van der Waals surface area contributed by atoms with Crippen LogP contribution in [0.25, 0.3) is 11.3 Å². The van der Waals surface area contributed by atoms with Gasteiger partial charge in [0, 0.05) is 94.9 Å². The van der Waals surface area contributed by atoms with Crippen molar-refractivity contribution >= 4 is 75.9 Å². The summed E-state index contributed by atoms with van der Waals surface area (Å²) in [6.07, 6.45) is 1.19. The molecule has 3 atom stereocenters. The van der Waals surface area contributed by atoms with Crippen LogP contribution in [0.15, 0.2) is 36.4 Å². The Bertz CT molecular complexity index is 2140. The third kappa shape index (κ3) is 15.8. The number of likely N-dealkylation sites (tertiary alicyclic amines) is 1. The van der Waals surface area contributed by atoms with E-state index in [1.807, 2.05) is 36.1 Å². The standard InChI is InChI=1S/C25H36N6O3.C11H17ClN4O2.C8H9Cl2N3O/c1-4-19-7-8-31(16-19)25(33)27-20-6-5-17(2)21(13-20)22-14-23(30-9-11-34-12-10-30)29-24(28-22)26-15-18(3)32;1-8(17)7-13-11-14-9(12)6-10(15-11)16-2-4-18-5-3-16;9-6-5-7(12-8(10)11-6)13-1-3-14-4-2-13/h5-6,13-14,18-19,32H,4,7-12,15-16H2,1-3H3,(H,27,33)(H,26,28,29);6,8,17H,2-5,7H2,1H3,(H,13,14,15);5H,1-4H2/t18-,19+;8-;/m00./s1. The quantitative estimate of drug-likeness (QED) is 0.0848. The number of hydrogen-bond acceptors (Lipinski definition) is 17. The van der Waals surface area contributed by atoms with Crippen LogP contribution in [0.2, 0.25) is 15.6 Å². The summed E-state index contributed by atoms with van der Waals surface area (Å²) >= 11 is 17.5. The second kappa shape index (κ2) is 25.5. The van der Waals surface area contributed by atoms with E-state index in [0.717, 1.165) is 105 Å². The molecule has 66 heavy (non-hydrogen) atoms. The molecular weight excluding hydrogens is 913 g/mol. The maximum atomic E-state index is 12.8. The highest BCUT2D eigenvalue weighted by Crippen LogP contribution is 2.30. The molecule has 0 radical (unpaired) electrons. The van der Waals surface area contributed by atoms with Gasteiger partial charge in [0.1, 0.15) is 27.8 Å². The van der Waals surface area contributed by atoms with Crippen molar-refractivity contribution in [3.63, 3.8) is 0 Å². The number of nitrogens with zero attached hydrogens (tertiary/aromatic N) is 10. The summed E-state index contributed by atoms with van der Waals surface area (Å²) in [5.41, 5.74) is 3.50. The molecule has 22 heteroatoms. The Labute approximate surface area is 401 Å². The molecule has 4 aliphatic rings. The van der Waals surface area contributed by atoms with E-state index in [-0.39, 0.29) is 11.3 Å². The highest BCUT2D eigenvalue weighted by Gasteiger charge is 2.25. The summed E-state index contributed by atoms with van der Waals surface area (Å²) in [7, 11) is 0. The van der Waals surface area contributed by atoms with E-state index in [1.54, 1.807) is 26.0 Å². The molecule has 0 unspecified atom stereocenters. The van der Waals surface area contributed by atoms with E-state index in [0.29, 0.717) is 80.9 Å². The fourth-order valence-electron chi connectivity index (χ4n) is 7.38. The fraction of sp³-hybridized carbons (Fsp3) is 0.568. The predicted molar refractivity (Wildman–Crippen MR) is 260 cm³/mol. The number of amides is 2. The third-order valence-electron chi connectivity index (χ3n) is 11.1. The molecule has 8 rings (SSSR count). The molecule has 0 spiro atoms. The Balaban J connectivity index is 0.000000187. The van der Waals surface area contributed by atoms with Gasteiger partial charge >= 0.3 is 6.03 Å². The average Bonchev–Trinajstić information content (AvgIpc) is 3.82. The minimum absolute atomic E-state index is 0.0539. The van der Waals surface area contributed by atoms with Gasteiger partial charge in [-0.05, 0) is 62.4 Å². The lowest BCUT2D eigenvalue weighted by Crippen LogP contribution is -2.37. The summed E-state index contributed by atoms with van der Waals surface area (Å²) in [5.74, 6) is 3.86. The van der Waals surface area contributed by atoms with Crippen LogP contribution in [0, 0.1) is 12.8 Å². The molecule has 3 aromatic heterocycles. The van der Waals surface area contributed by atoms with Gasteiger partial charge in [-0.1, -0.05) is 42.6 Å². The topological polar surface area (TPSA) is 212 Å². The Morgan fingerprint density at radius 1 is 0.697 bits per heavy atom. The molecule has 360 valence electrons. The number of rotatable bonds is 12. The number of aliphatic hydroxyl groups excluding tert-OH is 2. The molecule has 5 N–H and O–H groups in total. The summed E-state index contributed by atoms with van der Waals surface area (Å²) in [5, 5.41) is 29.0. The van der Waals surface area contributed by atoms with Gasteiger partial charge in [-0.2, -0.15) is 9.97 Å². The van der Waals surface area contributed by atoms with Crippen LogP contribution in [-0.2, 0) is 14.2 Å². The number of morpholine rings is 3. The van der Waals surface area contributed by atoms with E-state index < -0.39 is 12.2 Å². The second-order valence-electron chi connectivity index (χ2n) is 16.4. The minimum atomic E-state index is -0.516. The summed E-state index contributed by atoms with van der Waals surface area (Å²) < 4.78 is 16.0. The van der Waals surface area contributed by atoms with E-state index >= 15 is 0 Å². The number of halogens is 3. The molecule has 4 aliphatic heterocycles. The first-order valence-electron chi connectivity index (χ1n) is 22.5. The van der Waals surface area contributed by atoms with Crippen LogP contribution in [-0.4, -0.2) is 168 Å². The van der Waals surface area contributed by atoms with Crippen molar-refractivity contribution in [1.82, 2.24) is 34.8 Å². The number of carbonyl (C=O) groups excluding carboxylic acids is 1. The van der Waals surface area contributed by atoms with Crippen LogP contribution in [0.4, 0.5) is 39.8 Å². The number of ether oxygens (including phenoxy) is 3. The number of aromatic nitrogens is 6. The van der Waals surface area contributed by atoms with E-state index in [4.69, 9.17) is 54.0 Å². The number of benzene rings is 1. The number of aryl methyl sites for hydroxylation is 1. The van der Waals surface area contributed by atoms with Crippen LogP contribution in [0.5, 0.6) is 0 Å². The number of aliphatic hydroxyl groups is 2. The Hall–Kier alpha value is -4.60.